The molecule has 3 rings (SSSR count). The fourth-order valence-corrected chi connectivity index (χ4v) is 2.41. The Morgan fingerprint density at radius 1 is 1.18 bits per heavy atom. The summed E-state index contributed by atoms with van der Waals surface area (Å²) in [7, 11) is 1.40. The van der Waals surface area contributed by atoms with Crippen molar-refractivity contribution >= 4 is 17.7 Å². The fraction of sp³-hybridized carbons (Fsp3) is 0.375. The summed E-state index contributed by atoms with van der Waals surface area (Å²) in [5, 5.41) is 4.50. The van der Waals surface area contributed by atoms with Crippen molar-refractivity contribution in [3.05, 3.63) is 35.4 Å². The van der Waals surface area contributed by atoms with Gasteiger partial charge in [0.15, 0.2) is 23.3 Å². The zero-order valence-corrected chi connectivity index (χ0v) is 14.8. The molecule has 0 radical (unpaired) electrons. The van der Waals surface area contributed by atoms with E-state index < -0.39 is 29.2 Å². The lowest BCUT2D eigenvalue weighted by molar-refractivity contribution is 0.122. The van der Waals surface area contributed by atoms with Crippen molar-refractivity contribution in [2.75, 3.05) is 43.6 Å². The molecule has 2 aromatic rings. The van der Waals surface area contributed by atoms with Gasteiger partial charge < -0.3 is 25.0 Å². The van der Waals surface area contributed by atoms with E-state index in [2.05, 4.69) is 25.6 Å². The van der Waals surface area contributed by atoms with Crippen LogP contribution in [0.4, 0.5) is 29.6 Å². The normalized spacial score (nSPS) is 13.9. The summed E-state index contributed by atoms with van der Waals surface area (Å²) in [6.07, 6.45) is 0. The summed E-state index contributed by atoms with van der Waals surface area (Å²) in [6.45, 7) is 2.12. The molecular weight excluding hydrogens is 381 g/mol. The van der Waals surface area contributed by atoms with E-state index >= 15 is 0 Å². The molecule has 2 amide bonds. The molecule has 12 heteroatoms. The molecule has 1 aromatic carbocycles. The summed E-state index contributed by atoms with van der Waals surface area (Å²) in [6, 6.07) is 0.840. The van der Waals surface area contributed by atoms with Crippen molar-refractivity contribution < 1.29 is 27.4 Å². The third kappa shape index (κ3) is 4.57. The number of anilines is 2. The Morgan fingerprint density at radius 2 is 1.93 bits per heavy atom. The highest BCUT2D eigenvalue weighted by molar-refractivity contribution is 5.89. The number of hydrogen-bond donors (Lipinski definition) is 2. The minimum Gasteiger partial charge on any atom is -0.467 e. The van der Waals surface area contributed by atoms with Crippen LogP contribution in [0.15, 0.2) is 12.1 Å². The standard InChI is InChI=1S/C16H17F3N6O3/c1-27-16-23-11(22-14(24-16)25-4-6-28-7-5-25)8-20-15(26)21-10-3-2-9(17)12(18)13(10)19/h2-3H,4-8H2,1H3,(H2,20,21,26). The highest BCUT2D eigenvalue weighted by atomic mass is 19.2. The van der Waals surface area contributed by atoms with Crippen LogP contribution in [0.2, 0.25) is 0 Å². The molecule has 9 nitrogen and oxygen atoms in total. The predicted octanol–water partition coefficient (Wildman–Crippen LogP) is 1.46. The Morgan fingerprint density at radius 3 is 2.64 bits per heavy atom. The fourth-order valence-electron chi connectivity index (χ4n) is 2.41. The molecule has 0 unspecified atom stereocenters. The van der Waals surface area contributed by atoms with E-state index in [9.17, 15) is 18.0 Å². The quantitative estimate of drug-likeness (QED) is 0.736. The van der Waals surface area contributed by atoms with Crippen molar-refractivity contribution in [2.45, 2.75) is 6.54 Å². The third-order valence-electron chi connectivity index (χ3n) is 3.82. The summed E-state index contributed by atoms with van der Waals surface area (Å²) in [4.78, 5) is 26.3. The van der Waals surface area contributed by atoms with Gasteiger partial charge in [-0.2, -0.15) is 15.0 Å². The number of benzene rings is 1. The molecule has 1 aliphatic rings. The van der Waals surface area contributed by atoms with Crippen molar-refractivity contribution in [3.63, 3.8) is 0 Å². The monoisotopic (exact) mass is 398 g/mol. The number of carbonyl (C=O) groups excluding carboxylic acids is 1. The van der Waals surface area contributed by atoms with E-state index in [4.69, 9.17) is 9.47 Å². The maximum atomic E-state index is 13.6. The van der Waals surface area contributed by atoms with Gasteiger partial charge in [-0.05, 0) is 12.1 Å². The Kier molecular flexibility index (Phi) is 6.09. The van der Waals surface area contributed by atoms with Gasteiger partial charge in [-0.15, -0.1) is 0 Å². The minimum absolute atomic E-state index is 0.0698. The van der Waals surface area contributed by atoms with Crippen LogP contribution in [0.25, 0.3) is 0 Å². The zero-order chi connectivity index (χ0) is 20.1. The van der Waals surface area contributed by atoms with Crippen molar-refractivity contribution in [1.82, 2.24) is 20.3 Å². The highest BCUT2D eigenvalue weighted by Crippen LogP contribution is 2.19. The van der Waals surface area contributed by atoms with Crippen LogP contribution in [0.1, 0.15) is 5.82 Å². The van der Waals surface area contributed by atoms with Crippen molar-refractivity contribution in [1.29, 1.82) is 0 Å². The number of amides is 2. The first-order valence-corrected chi connectivity index (χ1v) is 8.28. The third-order valence-corrected chi connectivity index (χ3v) is 3.82. The highest BCUT2D eigenvalue weighted by Gasteiger charge is 2.18. The number of ether oxygens (including phenoxy) is 2. The number of nitrogens with one attached hydrogen (secondary N) is 2. The Labute approximate surface area is 157 Å². The van der Waals surface area contributed by atoms with Gasteiger partial charge in [0.1, 0.15) is 0 Å². The molecule has 0 bridgehead atoms. The first kappa shape index (κ1) is 19.6. The predicted molar refractivity (Wildman–Crippen MR) is 91.6 cm³/mol. The number of rotatable bonds is 5. The lowest BCUT2D eigenvalue weighted by Gasteiger charge is -2.26. The second-order valence-electron chi connectivity index (χ2n) is 5.67. The van der Waals surface area contributed by atoms with Gasteiger partial charge in [0, 0.05) is 13.1 Å². The lowest BCUT2D eigenvalue weighted by atomic mass is 10.3. The molecule has 0 spiro atoms. The Balaban J connectivity index is 1.66. The number of halogens is 3. The van der Waals surface area contributed by atoms with E-state index in [-0.39, 0.29) is 18.4 Å². The molecule has 150 valence electrons. The van der Waals surface area contributed by atoms with Crippen molar-refractivity contribution in [3.8, 4) is 6.01 Å². The van der Waals surface area contributed by atoms with Crippen molar-refractivity contribution in [2.24, 2.45) is 0 Å². The number of morpholine rings is 1. The number of methoxy groups -OCH3 is 1. The number of nitrogens with zero attached hydrogens (tertiary/aromatic N) is 4. The topological polar surface area (TPSA) is 102 Å². The molecule has 0 atom stereocenters. The van der Waals surface area contributed by atoms with E-state index in [1.165, 1.54) is 7.11 Å². The smallest absolute Gasteiger partial charge is 0.321 e. The van der Waals surface area contributed by atoms with Gasteiger partial charge in [0.25, 0.3) is 0 Å². The average molecular weight is 398 g/mol. The first-order valence-electron chi connectivity index (χ1n) is 8.28. The molecule has 1 fully saturated rings. The van der Waals surface area contributed by atoms with Crippen LogP contribution < -0.4 is 20.3 Å². The van der Waals surface area contributed by atoms with E-state index in [1.54, 1.807) is 0 Å². The Hall–Kier alpha value is -3.15. The summed E-state index contributed by atoms with van der Waals surface area (Å²) in [5.41, 5.74) is -0.501. The average Bonchev–Trinajstić information content (AvgIpc) is 2.73. The maximum absolute atomic E-state index is 13.6. The van der Waals surface area contributed by atoms with Crippen LogP contribution in [-0.2, 0) is 11.3 Å². The van der Waals surface area contributed by atoms with Crippen LogP contribution >= 0.6 is 0 Å². The molecule has 1 aliphatic heterocycles. The van der Waals surface area contributed by atoms with Gasteiger partial charge in [0.2, 0.25) is 5.95 Å². The molecule has 0 aliphatic carbocycles. The van der Waals surface area contributed by atoms with Crippen LogP contribution in [0.3, 0.4) is 0 Å². The maximum Gasteiger partial charge on any atom is 0.321 e. The van der Waals surface area contributed by atoms with E-state index in [0.717, 1.165) is 6.07 Å². The Bertz CT molecular complexity index is 864. The molecule has 2 heterocycles. The second-order valence-corrected chi connectivity index (χ2v) is 5.67. The summed E-state index contributed by atoms with van der Waals surface area (Å²) >= 11 is 0. The van der Waals surface area contributed by atoms with Crippen LogP contribution in [0.5, 0.6) is 6.01 Å². The zero-order valence-electron chi connectivity index (χ0n) is 14.8. The number of hydrogen-bond acceptors (Lipinski definition) is 7. The van der Waals surface area contributed by atoms with E-state index in [0.29, 0.717) is 38.3 Å². The molecule has 28 heavy (non-hydrogen) atoms. The van der Waals surface area contributed by atoms with Crippen LogP contribution in [0, 0.1) is 17.5 Å². The van der Waals surface area contributed by atoms with Gasteiger partial charge >= 0.3 is 12.0 Å². The first-order chi connectivity index (χ1) is 13.5. The van der Waals surface area contributed by atoms with Gasteiger partial charge in [-0.3, -0.25) is 0 Å². The van der Waals surface area contributed by atoms with E-state index in [1.807, 2.05) is 4.90 Å². The summed E-state index contributed by atoms with van der Waals surface area (Å²) < 4.78 is 50.1. The molecule has 0 saturated carbocycles. The largest absolute Gasteiger partial charge is 0.467 e. The van der Waals surface area contributed by atoms with Gasteiger partial charge in [-0.25, -0.2) is 18.0 Å². The molecule has 1 aromatic heterocycles. The molecule has 2 N–H and O–H groups in total. The molecular formula is C16H17F3N6O3. The number of carbonyl (C=O) groups is 1. The molecule has 1 saturated heterocycles. The second kappa shape index (κ2) is 8.69. The number of aromatic nitrogens is 3. The lowest BCUT2D eigenvalue weighted by Crippen LogP contribution is -2.38. The van der Waals surface area contributed by atoms with Crippen LogP contribution in [-0.4, -0.2) is 54.4 Å². The van der Waals surface area contributed by atoms with Gasteiger partial charge in [0.05, 0.1) is 32.6 Å². The number of urea groups is 1. The SMILES string of the molecule is COc1nc(CNC(=O)Nc2ccc(F)c(F)c2F)nc(N2CCOCC2)n1. The van der Waals surface area contributed by atoms with Gasteiger partial charge in [-0.1, -0.05) is 0 Å². The minimum atomic E-state index is -1.67. The summed E-state index contributed by atoms with van der Waals surface area (Å²) in [5.74, 6) is -3.94.